The van der Waals surface area contributed by atoms with Crippen molar-refractivity contribution in [2.75, 3.05) is 0 Å². The minimum atomic E-state index is -0.963. The van der Waals surface area contributed by atoms with Crippen LogP contribution in [0, 0.1) is 0 Å². The lowest BCUT2D eigenvalue weighted by atomic mass is 10.1. The van der Waals surface area contributed by atoms with Crippen LogP contribution in [0.5, 0.6) is 0 Å². The Hall–Kier alpha value is -1.66. The van der Waals surface area contributed by atoms with Gasteiger partial charge in [-0.15, -0.1) is 11.3 Å². The van der Waals surface area contributed by atoms with Gasteiger partial charge in [-0.05, 0) is 30.7 Å². The van der Waals surface area contributed by atoms with Crippen molar-refractivity contribution in [3.8, 4) is 0 Å². The van der Waals surface area contributed by atoms with Crippen molar-refractivity contribution in [1.29, 1.82) is 0 Å². The molecule has 0 spiro atoms. The van der Waals surface area contributed by atoms with Crippen LogP contribution in [-0.4, -0.2) is 20.6 Å². The van der Waals surface area contributed by atoms with E-state index in [4.69, 9.17) is 5.73 Å². The molecule has 5 nitrogen and oxygen atoms in total. The zero-order chi connectivity index (χ0) is 13.4. The number of fused-ring (bicyclic) bond motifs is 1. The van der Waals surface area contributed by atoms with Crippen molar-refractivity contribution in [2.24, 2.45) is 5.73 Å². The summed E-state index contributed by atoms with van der Waals surface area (Å²) in [6, 6.07) is 4.01. The summed E-state index contributed by atoms with van der Waals surface area (Å²) in [5.41, 5.74) is 7.07. The maximum Gasteiger partial charge on any atom is 0.356 e. The summed E-state index contributed by atoms with van der Waals surface area (Å²) in [5.74, 6) is -0.197. The topological polar surface area (TPSA) is 81.1 Å². The number of carbonyl (C=O) groups is 1. The van der Waals surface area contributed by atoms with Crippen LogP contribution in [0.4, 0.5) is 0 Å². The number of thiophene rings is 1. The van der Waals surface area contributed by atoms with E-state index in [1.165, 1.54) is 4.88 Å². The van der Waals surface area contributed by atoms with Crippen LogP contribution in [0.15, 0.2) is 17.5 Å². The molecular formula is C13H15N3O2S. The second-order valence-electron chi connectivity index (χ2n) is 4.71. The average molecular weight is 277 g/mol. The molecule has 0 aromatic carbocycles. The van der Waals surface area contributed by atoms with Gasteiger partial charge in [-0.3, -0.25) is 0 Å². The minimum absolute atomic E-state index is 0.153. The van der Waals surface area contributed by atoms with Crippen LogP contribution in [0.3, 0.4) is 0 Å². The van der Waals surface area contributed by atoms with Gasteiger partial charge in [0.15, 0.2) is 5.69 Å². The van der Waals surface area contributed by atoms with E-state index in [0.29, 0.717) is 6.42 Å². The Bertz CT molecular complexity index is 604. The van der Waals surface area contributed by atoms with Gasteiger partial charge in [-0.2, -0.15) is 0 Å². The van der Waals surface area contributed by atoms with Gasteiger partial charge in [0.1, 0.15) is 5.82 Å². The van der Waals surface area contributed by atoms with E-state index in [2.05, 4.69) is 4.98 Å². The molecule has 3 heterocycles. The highest BCUT2D eigenvalue weighted by molar-refractivity contribution is 7.09. The summed E-state index contributed by atoms with van der Waals surface area (Å²) in [7, 11) is 0. The average Bonchev–Trinajstić information content (AvgIpc) is 2.98. The summed E-state index contributed by atoms with van der Waals surface area (Å²) < 4.78 is 1.92. The monoisotopic (exact) mass is 277 g/mol. The number of hydrogen-bond donors (Lipinski definition) is 2. The number of aromatic nitrogens is 2. The molecule has 0 bridgehead atoms. The third kappa shape index (κ3) is 2.17. The number of nitrogens with two attached hydrogens (primary N) is 1. The second kappa shape index (κ2) is 4.79. The Morgan fingerprint density at radius 2 is 2.47 bits per heavy atom. The molecule has 2 aromatic rings. The first-order valence-electron chi connectivity index (χ1n) is 6.28. The van der Waals surface area contributed by atoms with Crippen LogP contribution < -0.4 is 5.73 Å². The van der Waals surface area contributed by atoms with E-state index in [9.17, 15) is 9.90 Å². The Morgan fingerprint density at radius 1 is 1.63 bits per heavy atom. The Labute approximate surface area is 114 Å². The van der Waals surface area contributed by atoms with E-state index in [1.54, 1.807) is 11.3 Å². The quantitative estimate of drug-likeness (QED) is 0.899. The van der Waals surface area contributed by atoms with Crippen molar-refractivity contribution in [3.63, 3.8) is 0 Å². The summed E-state index contributed by atoms with van der Waals surface area (Å²) in [4.78, 5) is 16.8. The minimum Gasteiger partial charge on any atom is -0.476 e. The molecule has 3 N–H and O–H groups in total. The molecule has 1 unspecified atom stereocenters. The van der Waals surface area contributed by atoms with Crippen LogP contribution in [0.2, 0.25) is 0 Å². The van der Waals surface area contributed by atoms with E-state index in [0.717, 1.165) is 30.8 Å². The van der Waals surface area contributed by atoms with Gasteiger partial charge >= 0.3 is 5.97 Å². The van der Waals surface area contributed by atoms with Gasteiger partial charge < -0.3 is 15.4 Å². The van der Waals surface area contributed by atoms with Gasteiger partial charge in [-0.25, -0.2) is 9.78 Å². The Morgan fingerprint density at radius 3 is 3.16 bits per heavy atom. The van der Waals surface area contributed by atoms with Crippen molar-refractivity contribution < 1.29 is 9.90 Å². The molecule has 19 heavy (non-hydrogen) atoms. The summed E-state index contributed by atoms with van der Waals surface area (Å²) in [5, 5.41) is 11.3. The van der Waals surface area contributed by atoms with Crippen LogP contribution in [-0.2, 0) is 12.8 Å². The van der Waals surface area contributed by atoms with Crippen molar-refractivity contribution >= 4 is 17.3 Å². The second-order valence-corrected chi connectivity index (χ2v) is 5.75. The summed E-state index contributed by atoms with van der Waals surface area (Å²) in [6.07, 6.45) is 3.03. The Balaban J connectivity index is 2.06. The fraction of sp³-hybridized carbons (Fsp3) is 0.385. The van der Waals surface area contributed by atoms with Gasteiger partial charge in [0.05, 0.1) is 11.9 Å². The summed E-state index contributed by atoms with van der Waals surface area (Å²) >= 11 is 1.65. The molecule has 3 rings (SSSR count). The largest absolute Gasteiger partial charge is 0.476 e. The van der Waals surface area contributed by atoms with E-state index in [1.807, 2.05) is 22.1 Å². The predicted octanol–water partition coefficient (Wildman–Crippen LogP) is 2.03. The molecule has 0 radical (unpaired) electrons. The fourth-order valence-corrected chi connectivity index (χ4v) is 3.32. The van der Waals surface area contributed by atoms with Crippen molar-refractivity contribution in [3.05, 3.63) is 39.6 Å². The lowest BCUT2D eigenvalue weighted by Crippen LogP contribution is -2.27. The predicted molar refractivity (Wildman–Crippen MR) is 72.5 cm³/mol. The third-order valence-corrected chi connectivity index (χ3v) is 4.32. The van der Waals surface area contributed by atoms with Crippen LogP contribution >= 0.6 is 11.3 Å². The number of rotatable bonds is 3. The Kier molecular flexibility index (Phi) is 3.12. The SMILES string of the molecule is NC1CCCc2c(C(=O)O)nc(Cc3cccs3)n21. The lowest BCUT2D eigenvalue weighted by Gasteiger charge is -2.24. The zero-order valence-electron chi connectivity index (χ0n) is 10.4. The number of imidazole rings is 1. The fourth-order valence-electron chi connectivity index (χ4n) is 2.62. The van der Waals surface area contributed by atoms with E-state index < -0.39 is 5.97 Å². The first-order valence-corrected chi connectivity index (χ1v) is 7.16. The van der Waals surface area contributed by atoms with E-state index >= 15 is 0 Å². The number of nitrogens with zero attached hydrogens (tertiary/aromatic N) is 2. The number of carboxylic acid groups (broad SMARTS) is 1. The highest BCUT2D eigenvalue weighted by Crippen LogP contribution is 2.28. The lowest BCUT2D eigenvalue weighted by molar-refractivity contribution is 0.0689. The van der Waals surface area contributed by atoms with Crippen molar-refractivity contribution in [1.82, 2.24) is 9.55 Å². The van der Waals surface area contributed by atoms with Crippen LogP contribution in [0.25, 0.3) is 0 Å². The molecule has 1 atom stereocenters. The smallest absolute Gasteiger partial charge is 0.356 e. The normalized spacial score (nSPS) is 18.3. The highest BCUT2D eigenvalue weighted by atomic mass is 32.1. The number of carboxylic acids is 1. The molecule has 100 valence electrons. The van der Waals surface area contributed by atoms with Crippen molar-refractivity contribution in [2.45, 2.75) is 31.8 Å². The molecule has 1 aliphatic heterocycles. The highest BCUT2D eigenvalue weighted by Gasteiger charge is 2.27. The first-order chi connectivity index (χ1) is 9.16. The maximum absolute atomic E-state index is 11.3. The number of hydrogen-bond acceptors (Lipinski definition) is 4. The van der Waals surface area contributed by atoms with Gasteiger partial charge in [0.2, 0.25) is 0 Å². The molecule has 0 fully saturated rings. The molecule has 0 amide bonds. The maximum atomic E-state index is 11.3. The molecular weight excluding hydrogens is 262 g/mol. The standard InChI is InChI=1S/C13H15N3O2S/c14-10-5-1-4-9-12(13(17)18)15-11(16(9)10)7-8-3-2-6-19-8/h2-3,6,10H,1,4-5,7,14H2,(H,17,18). The van der Waals surface area contributed by atoms with Crippen LogP contribution in [0.1, 0.15) is 45.9 Å². The molecule has 1 aliphatic rings. The van der Waals surface area contributed by atoms with E-state index in [-0.39, 0.29) is 11.9 Å². The molecule has 0 aliphatic carbocycles. The summed E-state index contributed by atoms with van der Waals surface area (Å²) in [6.45, 7) is 0. The van der Waals surface area contributed by atoms with Gasteiger partial charge in [-0.1, -0.05) is 6.07 Å². The zero-order valence-corrected chi connectivity index (χ0v) is 11.2. The molecule has 0 saturated carbocycles. The first kappa shape index (κ1) is 12.4. The van der Waals surface area contributed by atoms with Gasteiger partial charge in [0.25, 0.3) is 0 Å². The molecule has 2 aromatic heterocycles. The molecule has 0 saturated heterocycles. The molecule has 6 heteroatoms. The third-order valence-electron chi connectivity index (χ3n) is 3.44. The van der Waals surface area contributed by atoms with Gasteiger partial charge in [0, 0.05) is 11.3 Å². The number of aromatic carboxylic acids is 1.